The number of amides is 1. The van der Waals surface area contributed by atoms with Gasteiger partial charge in [0, 0.05) is 43.5 Å². The van der Waals surface area contributed by atoms with Gasteiger partial charge in [-0.3, -0.25) is 9.78 Å². The van der Waals surface area contributed by atoms with Gasteiger partial charge in [0.05, 0.1) is 18.7 Å². The van der Waals surface area contributed by atoms with Gasteiger partial charge in [0.1, 0.15) is 5.75 Å². The summed E-state index contributed by atoms with van der Waals surface area (Å²) in [5.41, 5.74) is 2.24. The Morgan fingerprint density at radius 2 is 2.15 bits per heavy atom. The normalized spacial score (nSPS) is 17.2. The zero-order valence-corrected chi connectivity index (χ0v) is 15.7. The van der Waals surface area contributed by atoms with E-state index in [0.717, 1.165) is 48.0 Å². The number of methoxy groups -OCH3 is 1. The molecule has 4 rings (SSSR count). The number of hydrogen-bond donors (Lipinski definition) is 0. The molecule has 0 aliphatic carbocycles. The first-order valence-electron chi connectivity index (χ1n) is 9.59. The maximum Gasteiger partial charge on any atom is 0.224 e. The van der Waals surface area contributed by atoms with Crippen molar-refractivity contribution in [1.82, 2.24) is 14.5 Å². The second-order valence-electron chi connectivity index (χ2n) is 7.04. The molecule has 140 valence electrons. The molecule has 3 aromatic rings. The molecule has 1 atom stereocenters. The number of rotatable bonds is 5. The number of aryl methyl sites for hydroxylation is 1. The highest BCUT2D eigenvalue weighted by molar-refractivity contribution is 5.86. The van der Waals surface area contributed by atoms with Gasteiger partial charge in [0.2, 0.25) is 5.91 Å². The van der Waals surface area contributed by atoms with Crippen LogP contribution in [0.1, 0.15) is 37.3 Å². The van der Waals surface area contributed by atoms with E-state index in [0.29, 0.717) is 13.0 Å². The summed E-state index contributed by atoms with van der Waals surface area (Å²) in [4.78, 5) is 19.3. The van der Waals surface area contributed by atoms with Crippen LogP contribution >= 0.6 is 0 Å². The third-order valence-corrected chi connectivity index (χ3v) is 5.45. The van der Waals surface area contributed by atoms with E-state index >= 15 is 0 Å². The van der Waals surface area contributed by atoms with Crippen LogP contribution in [0.5, 0.6) is 5.75 Å². The van der Waals surface area contributed by atoms with Gasteiger partial charge < -0.3 is 14.2 Å². The fraction of sp³-hybridized carbons (Fsp3) is 0.364. The van der Waals surface area contributed by atoms with Gasteiger partial charge in [-0.2, -0.15) is 0 Å². The number of nitrogens with zero attached hydrogens (tertiary/aromatic N) is 3. The molecule has 1 saturated heterocycles. The van der Waals surface area contributed by atoms with Gasteiger partial charge in [-0.1, -0.05) is 12.1 Å². The number of aromatic nitrogens is 2. The van der Waals surface area contributed by atoms with E-state index in [1.54, 1.807) is 13.3 Å². The van der Waals surface area contributed by atoms with Crippen molar-refractivity contribution in [2.24, 2.45) is 0 Å². The SMILES string of the molecule is COc1cccc2c1ccn2CCC(=O)N1CCCCC1c1cccnc1. The Hall–Kier alpha value is -2.82. The number of carbonyl (C=O) groups is 1. The molecule has 5 nitrogen and oxygen atoms in total. The van der Waals surface area contributed by atoms with Crippen molar-refractivity contribution in [1.29, 1.82) is 0 Å². The maximum absolute atomic E-state index is 13.0. The molecular formula is C22H25N3O2. The number of ether oxygens (including phenoxy) is 1. The highest BCUT2D eigenvalue weighted by atomic mass is 16.5. The van der Waals surface area contributed by atoms with Crippen LogP contribution in [0.3, 0.4) is 0 Å². The van der Waals surface area contributed by atoms with E-state index in [2.05, 4.69) is 27.8 Å². The predicted molar refractivity (Wildman–Crippen MR) is 106 cm³/mol. The molecule has 0 bridgehead atoms. The van der Waals surface area contributed by atoms with Gasteiger partial charge in [-0.05, 0) is 49.1 Å². The number of likely N-dealkylation sites (tertiary alicyclic amines) is 1. The molecule has 1 aliphatic heterocycles. The minimum absolute atomic E-state index is 0.154. The highest BCUT2D eigenvalue weighted by Gasteiger charge is 2.27. The van der Waals surface area contributed by atoms with Gasteiger partial charge in [-0.25, -0.2) is 0 Å². The van der Waals surface area contributed by atoms with E-state index < -0.39 is 0 Å². The Morgan fingerprint density at radius 3 is 2.96 bits per heavy atom. The van der Waals surface area contributed by atoms with Crippen molar-refractivity contribution in [3.8, 4) is 5.75 Å². The second kappa shape index (κ2) is 7.82. The molecule has 1 amide bonds. The quantitative estimate of drug-likeness (QED) is 0.683. The van der Waals surface area contributed by atoms with E-state index in [4.69, 9.17) is 4.74 Å². The van der Waals surface area contributed by atoms with Crippen LogP contribution in [0.15, 0.2) is 55.0 Å². The van der Waals surface area contributed by atoms with Gasteiger partial charge in [-0.15, -0.1) is 0 Å². The number of benzene rings is 1. The minimum atomic E-state index is 0.154. The summed E-state index contributed by atoms with van der Waals surface area (Å²) in [5.74, 6) is 1.08. The van der Waals surface area contributed by atoms with Crippen LogP contribution in [0, 0.1) is 0 Å². The van der Waals surface area contributed by atoms with Crippen molar-refractivity contribution in [2.75, 3.05) is 13.7 Å². The summed E-state index contributed by atoms with van der Waals surface area (Å²) in [6.07, 6.45) is 9.46. The topological polar surface area (TPSA) is 47.4 Å². The van der Waals surface area contributed by atoms with Crippen molar-refractivity contribution < 1.29 is 9.53 Å². The third kappa shape index (κ3) is 3.54. The van der Waals surface area contributed by atoms with Crippen LogP contribution in [0.4, 0.5) is 0 Å². The molecule has 0 spiro atoms. The number of piperidine rings is 1. The molecule has 0 N–H and O–H groups in total. The maximum atomic E-state index is 13.0. The Morgan fingerprint density at radius 1 is 1.22 bits per heavy atom. The lowest BCUT2D eigenvalue weighted by molar-refractivity contribution is -0.135. The summed E-state index contributed by atoms with van der Waals surface area (Å²) in [7, 11) is 1.69. The van der Waals surface area contributed by atoms with Gasteiger partial charge in [0.25, 0.3) is 0 Å². The number of fused-ring (bicyclic) bond motifs is 1. The van der Waals surface area contributed by atoms with Crippen LogP contribution in [0.2, 0.25) is 0 Å². The Labute approximate surface area is 159 Å². The first-order chi connectivity index (χ1) is 13.3. The molecule has 1 aromatic carbocycles. The Bertz CT molecular complexity index is 920. The molecule has 0 saturated carbocycles. The second-order valence-corrected chi connectivity index (χ2v) is 7.04. The van der Waals surface area contributed by atoms with Crippen molar-refractivity contribution in [3.63, 3.8) is 0 Å². The van der Waals surface area contributed by atoms with E-state index in [1.807, 2.05) is 35.5 Å². The highest BCUT2D eigenvalue weighted by Crippen LogP contribution is 2.31. The fourth-order valence-corrected chi connectivity index (χ4v) is 4.08. The minimum Gasteiger partial charge on any atom is -0.496 e. The summed E-state index contributed by atoms with van der Waals surface area (Å²) < 4.78 is 7.57. The third-order valence-electron chi connectivity index (χ3n) is 5.45. The van der Waals surface area contributed by atoms with Crippen molar-refractivity contribution in [2.45, 2.75) is 38.3 Å². The van der Waals surface area contributed by atoms with E-state index in [-0.39, 0.29) is 11.9 Å². The molecule has 0 radical (unpaired) electrons. The zero-order valence-electron chi connectivity index (χ0n) is 15.7. The van der Waals surface area contributed by atoms with Crippen molar-refractivity contribution in [3.05, 3.63) is 60.6 Å². The molecular weight excluding hydrogens is 338 g/mol. The van der Waals surface area contributed by atoms with Gasteiger partial charge in [0.15, 0.2) is 0 Å². The average molecular weight is 363 g/mol. The molecule has 27 heavy (non-hydrogen) atoms. The van der Waals surface area contributed by atoms with Crippen LogP contribution < -0.4 is 4.74 Å². The molecule has 5 heteroatoms. The number of pyridine rings is 1. The van der Waals surface area contributed by atoms with Crippen LogP contribution in [0.25, 0.3) is 10.9 Å². The summed E-state index contributed by atoms with van der Waals surface area (Å²) in [6.45, 7) is 1.50. The summed E-state index contributed by atoms with van der Waals surface area (Å²) in [6, 6.07) is 12.3. The monoisotopic (exact) mass is 363 g/mol. The number of hydrogen-bond acceptors (Lipinski definition) is 3. The lowest BCUT2D eigenvalue weighted by Gasteiger charge is -2.36. The molecule has 1 fully saturated rings. The number of carbonyl (C=O) groups excluding carboxylic acids is 1. The first kappa shape index (κ1) is 17.6. The summed E-state index contributed by atoms with van der Waals surface area (Å²) >= 11 is 0. The largest absolute Gasteiger partial charge is 0.496 e. The molecule has 2 aromatic heterocycles. The molecule has 1 unspecified atom stereocenters. The predicted octanol–water partition coefficient (Wildman–Crippen LogP) is 4.19. The average Bonchev–Trinajstić information content (AvgIpc) is 3.16. The molecule has 3 heterocycles. The smallest absolute Gasteiger partial charge is 0.224 e. The Balaban J connectivity index is 1.49. The molecule has 1 aliphatic rings. The van der Waals surface area contributed by atoms with E-state index in [9.17, 15) is 4.79 Å². The van der Waals surface area contributed by atoms with Crippen LogP contribution in [-0.2, 0) is 11.3 Å². The van der Waals surface area contributed by atoms with Gasteiger partial charge >= 0.3 is 0 Å². The van der Waals surface area contributed by atoms with Crippen molar-refractivity contribution >= 4 is 16.8 Å². The summed E-state index contributed by atoms with van der Waals surface area (Å²) in [5, 5.41) is 1.08. The first-order valence-corrected chi connectivity index (χ1v) is 9.59. The lowest BCUT2D eigenvalue weighted by atomic mass is 9.96. The fourth-order valence-electron chi connectivity index (χ4n) is 4.08. The standard InChI is InChI=1S/C22H25N3O2/c1-27-21-9-4-8-20-18(21)10-14-24(20)15-11-22(26)25-13-3-2-7-19(25)17-6-5-12-23-16-17/h4-6,8-10,12,14,16,19H,2-3,7,11,13,15H2,1H3. The Kier molecular flexibility index (Phi) is 5.10. The van der Waals surface area contributed by atoms with Crippen LogP contribution in [-0.4, -0.2) is 34.0 Å². The zero-order chi connectivity index (χ0) is 18.6. The van der Waals surface area contributed by atoms with E-state index in [1.165, 1.54) is 0 Å². The lowest BCUT2D eigenvalue weighted by Crippen LogP contribution is -2.38.